The molecule has 2 N–H and O–H groups in total. The van der Waals surface area contributed by atoms with Crippen LogP contribution in [-0.2, 0) is 18.4 Å². The predicted octanol–water partition coefficient (Wildman–Crippen LogP) is 2.92. The third kappa shape index (κ3) is 2.40. The molecule has 0 heterocycles. The van der Waals surface area contributed by atoms with Crippen LogP contribution in [0.2, 0.25) is 0 Å². The quantitative estimate of drug-likeness (QED) is 0.863. The Labute approximate surface area is 121 Å². The van der Waals surface area contributed by atoms with Gasteiger partial charge in [-0.15, -0.1) is 0 Å². The van der Waals surface area contributed by atoms with E-state index in [0.717, 1.165) is 12.1 Å². The molecular formula is C18H25NO. The fraction of sp³-hybridized carbons (Fsp3) is 0.667. The maximum Gasteiger partial charge on any atom is 0.105 e. The summed E-state index contributed by atoms with van der Waals surface area (Å²) in [6.45, 7) is 0.737. The van der Waals surface area contributed by atoms with Crippen LogP contribution in [-0.4, -0.2) is 17.7 Å². The summed E-state index contributed by atoms with van der Waals surface area (Å²) in [5, 5.41) is 14.8. The van der Waals surface area contributed by atoms with Crippen molar-refractivity contribution in [3.63, 3.8) is 0 Å². The lowest BCUT2D eigenvalue weighted by molar-refractivity contribution is 0.0130. The molecule has 2 nitrogen and oxygen atoms in total. The highest BCUT2D eigenvalue weighted by Gasteiger charge is 2.45. The van der Waals surface area contributed by atoms with Crippen LogP contribution in [0, 0.1) is 5.92 Å². The van der Waals surface area contributed by atoms with Gasteiger partial charge in [-0.1, -0.05) is 18.2 Å². The summed E-state index contributed by atoms with van der Waals surface area (Å²) in [6, 6.07) is 7.44. The first-order valence-corrected chi connectivity index (χ1v) is 8.34. The summed E-state index contributed by atoms with van der Waals surface area (Å²) < 4.78 is 0. The number of aryl methyl sites for hydroxylation is 2. The van der Waals surface area contributed by atoms with Crippen LogP contribution in [0.15, 0.2) is 18.2 Å². The van der Waals surface area contributed by atoms with E-state index in [4.69, 9.17) is 0 Å². The highest BCUT2D eigenvalue weighted by Crippen LogP contribution is 2.46. The van der Waals surface area contributed by atoms with Crippen LogP contribution < -0.4 is 5.32 Å². The molecule has 4 rings (SSSR count). The van der Waals surface area contributed by atoms with Gasteiger partial charge in [0.1, 0.15) is 5.60 Å². The van der Waals surface area contributed by atoms with Gasteiger partial charge < -0.3 is 10.4 Å². The van der Waals surface area contributed by atoms with Crippen LogP contribution in [0.5, 0.6) is 0 Å². The van der Waals surface area contributed by atoms with Gasteiger partial charge in [-0.25, -0.2) is 0 Å². The zero-order valence-electron chi connectivity index (χ0n) is 12.2. The molecule has 1 atom stereocenters. The monoisotopic (exact) mass is 271 g/mol. The van der Waals surface area contributed by atoms with Gasteiger partial charge in [-0.3, -0.25) is 0 Å². The van der Waals surface area contributed by atoms with Crippen LogP contribution in [0.4, 0.5) is 0 Å². The molecule has 0 saturated heterocycles. The van der Waals surface area contributed by atoms with Gasteiger partial charge >= 0.3 is 0 Å². The minimum absolute atomic E-state index is 0.468. The summed E-state index contributed by atoms with van der Waals surface area (Å²) in [5.41, 5.74) is 3.52. The van der Waals surface area contributed by atoms with Crippen molar-refractivity contribution in [2.45, 2.75) is 63.0 Å². The van der Waals surface area contributed by atoms with Gasteiger partial charge in [0, 0.05) is 12.6 Å². The Morgan fingerprint density at radius 3 is 2.50 bits per heavy atom. The number of rotatable bonds is 5. The van der Waals surface area contributed by atoms with Crippen LogP contribution >= 0.6 is 0 Å². The second-order valence-corrected chi connectivity index (χ2v) is 7.04. The van der Waals surface area contributed by atoms with Gasteiger partial charge in [0.25, 0.3) is 0 Å². The number of benzene rings is 1. The number of hydrogen-bond acceptors (Lipinski definition) is 2. The molecule has 108 valence electrons. The third-order valence-electron chi connectivity index (χ3n) is 5.34. The highest BCUT2D eigenvalue weighted by molar-refractivity contribution is 5.37. The smallest absolute Gasteiger partial charge is 0.105 e. The maximum atomic E-state index is 11.2. The summed E-state index contributed by atoms with van der Waals surface area (Å²) in [4.78, 5) is 0. The van der Waals surface area contributed by atoms with Crippen LogP contribution in [0.25, 0.3) is 0 Å². The number of hydrogen-bond donors (Lipinski definition) is 2. The molecule has 20 heavy (non-hydrogen) atoms. The SMILES string of the molecule is OC(CNC1CC1)(c1ccc2c(c1)CCCC2)C1CC1. The summed E-state index contributed by atoms with van der Waals surface area (Å²) in [5.74, 6) is 0.468. The minimum atomic E-state index is -0.630. The highest BCUT2D eigenvalue weighted by atomic mass is 16.3. The lowest BCUT2D eigenvalue weighted by Crippen LogP contribution is -2.41. The fourth-order valence-electron chi connectivity index (χ4n) is 3.63. The predicted molar refractivity (Wildman–Crippen MR) is 80.7 cm³/mol. The molecular weight excluding hydrogens is 246 g/mol. The zero-order valence-corrected chi connectivity index (χ0v) is 12.2. The minimum Gasteiger partial charge on any atom is -0.384 e. The van der Waals surface area contributed by atoms with E-state index in [9.17, 15) is 5.11 Å². The summed E-state index contributed by atoms with van der Waals surface area (Å²) in [6.07, 6.45) is 9.97. The Morgan fingerprint density at radius 1 is 1.05 bits per heavy atom. The fourth-order valence-corrected chi connectivity index (χ4v) is 3.63. The van der Waals surface area contributed by atoms with E-state index in [1.54, 1.807) is 0 Å². The van der Waals surface area contributed by atoms with Crippen LogP contribution in [0.3, 0.4) is 0 Å². The van der Waals surface area contributed by atoms with Crippen molar-refractivity contribution < 1.29 is 5.11 Å². The number of nitrogens with one attached hydrogen (secondary N) is 1. The van der Waals surface area contributed by atoms with Crippen molar-refractivity contribution in [3.05, 3.63) is 34.9 Å². The van der Waals surface area contributed by atoms with Gasteiger partial charge in [0.05, 0.1) is 0 Å². The van der Waals surface area contributed by atoms with E-state index in [2.05, 4.69) is 23.5 Å². The second kappa shape index (κ2) is 4.85. The van der Waals surface area contributed by atoms with Gasteiger partial charge in [-0.05, 0) is 74.0 Å². The van der Waals surface area contributed by atoms with E-state index < -0.39 is 5.60 Å². The Balaban J connectivity index is 1.61. The Hall–Kier alpha value is -0.860. The molecule has 0 aromatic heterocycles. The summed E-state index contributed by atoms with van der Waals surface area (Å²) in [7, 11) is 0. The zero-order chi connectivity index (χ0) is 13.6. The Bertz CT molecular complexity index is 504. The van der Waals surface area contributed by atoms with Gasteiger partial charge in [0.15, 0.2) is 0 Å². The normalized spacial score (nSPS) is 25.1. The van der Waals surface area contributed by atoms with E-state index in [0.29, 0.717) is 12.0 Å². The molecule has 3 aliphatic rings. The molecule has 1 aromatic carbocycles. The molecule has 2 fully saturated rings. The average Bonchev–Trinajstić information content (AvgIpc) is 3.37. The van der Waals surface area contributed by atoms with Crippen molar-refractivity contribution in [2.24, 2.45) is 5.92 Å². The third-order valence-corrected chi connectivity index (χ3v) is 5.34. The number of fused-ring (bicyclic) bond motifs is 1. The standard InChI is InChI=1S/C18H25NO/c20-18(15-7-8-15,12-19-17-9-10-17)16-6-5-13-3-1-2-4-14(13)11-16/h5-6,11,15,17,19-20H,1-4,7-10,12H2. The molecule has 0 radical (unpaired) electrons. The first kappa shape index (κ1) is 12.8. The average molecular weight is 271 g/mol. The molecule has 0 bridgehead atoms. The molecule has 0 spiro atoms. The topological polar surface area (TPSA) is 32.3 Å². The first-order valence-electron chi connectivity index (χ1n) is 8.34. The lowest BCUT2D eigenvalue weighted by Gasteiger charge is -2.31. The number of aliphatic hydroxyl groups is 1. The largest absolute Gasteiger partial charge is 0.384 e. The molecule has 0 aliphatic heterocycles. The van der Waals surface area contributed by atoms with Crippen molar-refractivity contribution >= 4 is 0 Å². The van der Waals surface area contributed by atoms with E-state index in [1.807, 2.05) is 0 Å². The molecule has 1 aromatic rings. The molecule has 2 heteroatoms. The van der Waals surface area contributed by atoms with Crippen molar-refractivity contribution in [2.75, 3.05) is 6.54 Å². The maximum absolute atomic E-state index is 11.2. The molecule has 0 amide bonds. The molecule has 3 aliphatic carbocycles. The van der Waals surface area contributed by atoms with Gasteiger partial charge in [0.2, 0.25) is 0 Å². The Morgan fingerprint density at radius 2 is 1.80 bits per heavy atom. The second-order valence-electron chi connectivity index (χ2n) is 7.04. The molecule has 2 saturated carbocycles. The first-order chi connectivity index (χ1) is 9.75. The van der Waals surface area contributed by atoms with Crippen molar-refractivity contribution in [3.8, 4) is 0 Å². The van der Waals surface area contributed by atoms with Crippen molar-refractivity contribution in [1.29, 1.82) is 0 Å². The lowest BCUT2D eigenvalue weighted by atomic mass is 9.83. The van der Waals surface area contributed by atoms with E-state index in [1.165, 1.54) is 62.5 Å². The van der Waals surface area contributed by atoms with Gasteiger partial charge in [-0.2, -0.15) is 0 Å². The van der Waals surface area contributed by atoms with E-state index >= 15 is 0 Å². The summed E-state index contributed by atoms with van der Waals surface area (Å²) >= 11 is 0. The Kier molecular flexibility index (Phi) is 3.12. The van der Waals surface area contributed by atoms with Crippen LogP contribution in [0.1, 0.15) is 55.2 Å². The van der Waals surface area contributed by atoms with Crippen molar-refractivity contribution in [1.82, 2.24) is 5.32 Å². The molecule has 1 unspecified atom stereocenters. The van der Waals surface area contributed by atoms with E-state index in [-0.39, 0.29) is 0 Å².